The molecule has 1 aromatic heterocycles. The summed E-state index contributed by atoms with van der Waals surface area (Å²) < 4.78 is 6.03. The molecule has 1 heterocycles. The Hall–Kier alpha value is -2.60. The molecular weight excluding hydrogens is 459 g/mol. The molecule has 0 atom stereocenters. The molecule has 0 bridgehead atoms. The topological polar surface area (TPSA) is 85.4 Å². The summed E-state index contributed by atoms with van der Waals surface area (Å²) in [5.41, 5.74) is 13.7. The molecule has 0 aliphatic rings. The summed E-state index contributed by atoms with van der Waals surface area (Å²) in [5.74, 6) is -0.00858. The first kappa shape index (κ1) is 28.4. The van der Waals surface area contributed by atoms with Gasteiger partial charge in [-0.25, -0.2) is 4.79 Å². The van der Waals surface area contributed by atoms with Crippen LogP contribution >= 0.6 is 24.8 Å². The van der Waals surface area contributed by atoms with Gasteiger partial charge in [0, 0.05) is 23.5 Å². The maximum atomic E-state index is 11.3. The highest BCUT2D eigenvalue weighted by atomic mass is 35.5. The summed E-state index contributed by atoms with van der Waals surface area (Å²) in [6, 6.07) is 14.9. The molecule has 0 fully saturated rings. The number of carboxylic acids is 1. The summed E-state index contributed by atoms with van der Waals surface area (Å²) in [6.45, 7) is 9.08. The number of hydrogen-bond donors (Lipinski definition) is 2. The van der Waals surface area contributed by atoms with Gasteiger partial charge in [0.15, 0.2) is 0 Å². The second kappa shape index (κ2) is 12.6. The van der Waals surface area contributed by atoms with Gasteiger partial charge in [0.1, 0.15) is 12.4 Å². The molecule has 0 aliphatic carbocycles. The molecule has 3 rings (SSSR count). The fourth-order valence-corrected chi connectivity index (χ4v) is 3.74. The summed E-state index contributed by atoms with van der Waals surface area (Å²) in [4.78, 5) is 16.2. The summed E-state index contributed by atoms with van der Waals surface area (Å²) in [7, 11) is 0. The van der Waals surface area contributed by atoms with Gasteiger partial charge in [0.2, 0.25) is 0 Å². The van der Waals surface area contributed by atoms with Crippen molar-refractivity contribution in [1.29, 1.82) is 0 Å². The number of carbonyl (C=O) groups is 1. The van der Waals surface area contributed by atoms with Crippen LogP contribution in [0.1, 0.15) is 52.3 Å². The highest BCUT2D eigenvalue weighted by Crippen LogP contribution is 2.33. The molecule has 0 amide bonds. The number of nitrogens with zero attached hydrogens (tertiary/aromatic N) is 1. The van der Waals surface area contributed by atoms with Crippen molar-refractivity contribution in [2.24, 2.45) is 11.7 Å². The molecule has 0 spiro atoms. The van der Waals surface area contributed by atoms with Crippen LogP contribution in [0.15, 0.2) is 48.5 Å². The third kappa shape index (κ3) is 6.94. The van der Waals surface area contributed by atoms with Gasteiger partial charge in [-0.05, 0) is 61.1 Å². The normalized spacial score (nSPS) is 10.4. The number of pyridine rings is 1. The largest absolute Gasteiger partial charge is 0.489 e. The lowest BCUT2D eigenvalue weighted by Gasteiger charge is -2.21. The summed E-state index contributed by atoms with van der Waals surface area (Å²) in [5, 5.41) is 9.25. The molecule has 33 heavy (non-hydrogen) atoms. The molecule has 7 heteroatoms. The minimum atomic E-state index is -0.980. The van der Waals surface area contributed by atoms with Crippen molar-refractivity contribution in [2.75, 3.05) is 0 Å². The number of benzene rings is 2. The van der Waals surface area contributed by atoms with Crippen LogP contribution in [0, 0.1) is 19.8 Å². The van der Waals surface area contributed by atoms with E-state index in [4.69, 9.17) is 15.5 Å². The molecule has 3 aromatic rings. The Morgan fingerprint density at radius 3 is 2.30 bits per heavy atom. The number of rotatable bonds is 8. The van der Waals surface area contributed by atoms with E-state index in [9.17, 15) is 9.90 Å². The molecule has 0 unspecified atom stereocenters. The molecule has 0 saturated carbocycles. The highest BCUT2D eigenvalue weighted by Gasteiger charge is 2.20. The second-order valence-corrected chi connectivity index (χ2v) is 8.27. The Morgan fingerprint density at radius 1 is 1.06 bits per heavy atom. The minimum absolute atomic E-state index is 0. The Labute approximate surface area is 208 Å². The lowest BCUT2D eigenvalue weighted by atomic mass is 9.90. The van der Waals surface area contributed by atoms with E-state index in [1.165, 1.54) is 11.6 Å². The standard InChI is InChI=1S/C26H30N2O3.2ClH/c1-16(2)12-24-22(14-27)25(19-10-8-17(3)9-11-19)23(18(4)28-24)15-31-21-7-5-6-20(13-21)26(29)30;;/h5-11,13,16H,12,14-15,27H2,1-4H3,(H,29,30);2*1H. The maximum Gasteiger partial charge on any atom is 0.335 e. The quantitative estimate of drug-likeness (QED) is 0.395. The Kier molecular flexibility index (Phi) is 10.8. The molecule has 2 aromatic carbocycles. The lowest BCUT2D eigenvalue weighted by Crippen LogP contribution is -2.14. The third-order valence-electron chi connectivity index (χ3n) is 5.30. The molecule has 0 saturated heterocycles. The zero-order valence-corrected chi connectivity index (χ0v) is 21.1. The number of carboxylic acid groups (broad SMARTS) is 1. The van der Waals surface area contributed by atoms with Crippen LogP contribution < -0.4 is 10.5 Å². The SMILES string of the molecule is Cc1ccc(-c2c(COc3cccc(C(=O)O)c3)c(C)nc(CC(C)C)c2CN)cc1.Cl.Cl. The van der Waals surface area contributed by atoms with E-state index in [2.05, 4.69) is 45.0 Å². The smallest absolute Gasteiger partial charge is 0.335 e. The molecule has 178 valence electrons. The van der Waals surface area contributed by atoms with Crippen molar-refractivity contribution >= 4 is 30.8 Å². The number of aryl methyl sites for hydroxylation is 2. The fraction of sp³-hybridized carbons (Fsp3) is 0.308. The van der Waals surface area contributed by atoms with E-state index in [0.29, 0.717) is 18.2 Å². The Morgan fingerprint density at radius 2 is 1.73 bits per heavy atom. The molecular formula is C26H32Cl2N2O3. The van der Waals surface area contributed by atoms with Gasteiger partial charge < -0.3 is 15.6 Å². The van der Waals surface area contributed by atoms with Gasteiger partial charge in [0.05, 0.1) is 5.56 Å². The average Bonchev–Trinajstić information content (AvgIpc) is 2.73. The van der Waals surface area contributed by atoms with Gasteiger partial charge in [0.25, 0.3) is 0 Å². The van der Waals surface area contributed by atoms with Crippen LogP contribution in [0.2, 0.25) is 0 Å². The summed E-state index contributed by atoms with van der Waals surface area (Å²) >= 11 is 0. The number of aromatic carboxylic acids is 1. The van der Waals surface area contributed by atoms with Gasteiger partial charge in [-0.15, -0.1) is 24.8 Å². The van der Waals surface area contributed by atoms with Crippen molar-refractivity contribution in [3.8, 4) is 16.9 Å². The average molecular weight is 491 g/mol. The van der Waals surface area contributed by atoms with Crippen molar-refractivity contribution in [2.45, 2.75) is 47.3 Å². The zero-order valence-electron chi connectivity index (χ0n) is 19.4. The van der Waals surface area contributed by atoms with E-state index in [0.717, 1.165) is 40.1 Å². The number of halogens is 2. The molecule has 3 N–H and O–H groups in total. The number of nitrogens with two attached hydrogens (primary N) is 1. The second-order valence-electron chi connectivity index (χ2n) is 8.27. The van der Waals surface area contributed by atoms with Crippen LogP contribution in [0.4, 0.5) is 0 Å². The van der Waals surface area contributed by atoms with Crippen molar-refractivity contribution in [3.05, 3.63) is 82.2 Å². The summed E-state index contributed by atoms with van der Waals surface area (Å²) in [6.07, 6.45) is 0.855. The van der Waals surface area contributed by atoms with E-state index in [-0.39, 0.29) is 37.0 Å². The number of ether oxygens (including phenoxy) is 1. The zero-order chi connectivity index (χ0) is 22.5. The molecule has 0 aliphatic heterocycles. The van der Waals surface area contributed by atoms with E-state index in [1.807, 2.05) is 6.92 Å². The fourth-order valence-electron chi connectivity index (χ4n) is 3.74. The van der Waals surface area contributed by atoms with Gasteiger partial charge >= 0.3 is 5.97 Å². The van der Waals surface area contributed by atoms with E-state index < -0.39 is 5.97 Å². The van der Waals surface area contributed by atoms with Gasteiger partial charge in [-0.3, -0.25) is 4.98 Å². The third-order valence-corrected chi connectivity index (χ3v) is 5.30. The minimum Gasteiger partial charge on any atom is -0.489 e. The molecule has 0 radical (unpaired) electrons. The first-order valence-electron chi connectivity index (χ1n) is 10.5. The van der Waals surface area contributed by atoms with Gasteiger partial charge in [-0.2, -0.15) is 0 Å². The Bertz CT molecular complexity index is 1080. The Balaban J connectivity index is 0.00000272. The first-order chi connectivity index (χ1) is 14.8. The predicted octanol–water partition coefficient (Wildman–Crippen LogP) is 6.14. The van der Waals surface area contributed by atoms with Crippen molar-refractivity contribution < 1.29 is 14.6 Å². The lowest BCUT2D eigenvalue weighted by molar-refractivity contribution is 0.0696. The van der Waals surface area contributed by atoms with Crippen molar-refractivity contribution in [3.63, 3.8) is 0 Å². The van der Waals surface area contributed by atoms with Crippen LogP contribution in [0.3, 0.4) is 0 Å². The van der Waals surface area contributed by atoms with Crippen molar-refractivity contribution in [1.82, 2.24) is 4.98 Å². The van der Waals surface area contributed by atoms with Crippen LogP contribution in [0.25, 0.3) is 11.1 Å². The van der Waals surface area contributed by atoms with Gasteiger partial charge in [-0.1, -0.05) is 49.7 Å². The first-order valence-corrected chi connectivity index (χ1v) is 10.5. The van der Waals surface area contributed by atoms with E-state index in [1.54, 1.807) is 18.2 Å². The predicted molar refractivity (Wildman–Crippen MR) is 138 cm³/mol. The number of hydrogen-bond acceptors (Lipinski definition) is 4. The highest BCUT2D eigenvalue weighted by molar-refractivity contribution is 5.88. The number of aromatic nitrogens is 1. The molecule has 5 nitrogen and oxygen atoms in total. The van der Waals surface area contributed by atoms with Crippen LogP contribution in [0.5, 0.6) is 5.75 Å². The van der Waals surface area contributed by atoms with Crippen LogP contribution in [-0.4, -0.2) is 16.1 Å². The van der Waals surface area contributed by atoms with E-state index >= 15 is 0 Å². The monoisotopic (exact) mass is 490 g/mol. The van der Waals surface area contributed by atoms with Crippen LogP contribution in [-0.2, 0) is 19.6 Å². The maximum absolute atomic E-state index is 11.3.